The first-order chi connectivity index (χ1) is 13.0. The SMILES string of the molecule is Cc1ccc(OCCNC(=O)COc2ccc3ccccc3c2Br)cc1Cl. The molecule has 6 heteroatoms. The Hall–Kier alpha value is -2.24. The van der Waals surface area contributed by atoms with Crippen molar-refractivity contribution in [1.82, 2.24) is 5.32 Å². The van der Waals surface area contributed by atoms with E-state index in [2.05, 4.69) is 21.2 Å². The van der Waals surface area contributed by atoms with E-state index in [1.807, 2.05) is 55.5 Å². The van der Waals surface area contributed by atoms with Gasteiger partial charge in [-0.2, -0.15) is 0 Å². The Morgan fingerprint density at radius 2 is 1.93 bits per heavy atom. The fourth-order valence-corrected chi connectivity index (χ4v) is 3.32. The monoisotopic (exact) mass is 447 g/mol. The second-order valence-corrected chi connectivity index (χ2v) is 7.20. The van der Waals surface area contributed by atoms with E-state index in [1.54, 1.807) is 6.07 Å². The summed E-state index contributed by atoms with van der Waals surface area (Å²) in [6.07, 6.45) is 0. The van der Waals surface area contributed by atoms with Crippen molar-refractivity contribution >= 4 is 44.2 Å². The molecule has 3 aromatic carbocycles. The predicted octanol–water partition coefficient (Wildman–Crippen LogP) is 5.14. The van der Waals surface area contributed by atoms with Crippen LogP contribution in [0.2, 0.25) is 5.02 Å². The van der Waals surface area contributed by atoms with Crippen LogP contribution in [0.3, 0.4) is 0 Å². The number of fused-ring (bicyclic) bond motifs is 1. The molecule has 3 rings (SSSR count). The van der Waals surface area contributed by atoms with Crippen LogP contribution in [0.15, 0.2) is 59.1 Å². The lowest BCUT2D eigenvalue weighted by molar-refractivity contribution is -0.123. The quantitative estimate of drug-likeness (QED) is 0.509. The van der Waals surface area contributed by atoms with Gasteiger partial charge < -0.3 is 14.8 Å². The van der Waals surface area contributed by atoms with Crippen molar-refractivity contribution in [3.05, 3.63) is 69.7 Å². The largest absolute Gasteiger partial charge is 0.492 e. The molecule has 0 heterocycles. The van der Waals surface area contributed by atoms with Gasteiger partial charge in [0.05, 0.1) is 11.0 Å². The fourth-order valence-electron chi connectivity index (χ4n) is 2.54. The molecule has 0 atom stereocenters. The van der Waals surface area contributed by atoms with Crippen LogP contribution in [0, 0.1) is 6.92 Å². The number of amides is 1. The third kappa shape index (κ3) is 5.15. The summed E-state index contributed by atoms with van der Waals surface area (Å²) >= 11 is 9.60. The van der Waals surface area contributed by atoms with Gasteiger partial charge in [-0.25, -0.2) is 0 Å². The minimum absolute atomic E-state index is 0.0622. The zero-order valence-electron chi connectivity index (χ0n) is 14.8. The molecule has 0 aliphatic carbocycles. The smallest absolute Gasteiger partial charge is 0.258 e. The van der Waals surface area contributed by atoms with Crippen LogP contribution in [-0.4, -0.2) is 25.7 Å². The third-order valence-corrected chi connectivity index (χ3v) is 5.25. The van der Waals surface area contributed by atoms with E-state index < -0.39 is 0 Å². The lowest BCUT2D eigenvalue weighted by Crippen LogP contribution is -2.32. The number of nitrogens with one attached hydrogen (secondary N) is 1. The molecule has 4 nitrogen and oxygen atoms in total. The van der Waals surface area contributed by atoms with Crippen LogP contribution >= 0.6 is 27.5 Å². The number of ether oxygens (including phenoxy) is 2. The molecule has 140 valence electrons. The first kappa shape index (κ1) is 19.5. The summed E-state index contributed by atoms with van der Waals surface area (Å²) in [5, 5.41) is 5.58. The molecule has 0 saturated carbocycles. The number of hydrogen-bond acceptors (Lipinski definition) is 3. The van der Waals surface area contributed by atoms with Crippen molar-refractivity contribution in [2.75, 3.05) is 19.8 Å². The summed E-state index contributed by atoms with van der Waals surface area (Å²) in [7, 11) is 0. The van der Waals surface area contributed by atoms with Gasteiger partial charge in [0.2, 0.25) is 0 Å². The number of benzene rings is 3. The van der Waals surface area contributed by atoms with E-state index in [-0.39, 0.29) is 12.5 Å². The van der Waals surface area contributed by atoms with Crippen LogP contribution in [0.5, 0.6) is 11.5 Å². The normalized spacial score (nSPS) is 10.6. The summed E-state index contributed by atoms with van der Waals surface area (Å²) in [5.74, 6) is 1.10. The average Bonchev–Trinajstić information content (AvgIpc) is 2.67. The maximum absolute atomic E-state index is 12.0. The van der Waals surface area contributed by atoms with Crippen molar-refractivity contribution < 1.29 is 14.3 Å². The Morgan fingerprint density at radius 3 is 2.74 bits per heavy atom. The van der Waals surface area contributed by atoms with Crippen LogP contribution in [-0.2, 0) is 4.79 Å². The van der Waals surface area contributed by atoms with Crippen molar-refractivity contribution in [3.8, 4) is 11.5 Å². The second-order valence-electron chi connectivity index (χ2n) is 6.00. The molecule has 27 heavy (non-hydrogen) atoms. The summed E-state index contributed by atoms with van der Waals surface area (Å²) in [5.41, 5.74) is 0.995. The summed E-state index contributed by atoms with van der Waals surface area (Å²) in [6.45, 7) is 2.60. The molecule has 1 N–H and O–H groups in total. The van der Waals surface area contributed by atoms with E-state index in [0.29, 0.717) is 29.7 Å². The van der Waals surface area contributed by atoms with Gasteiger partial charge in [-0.05, 0) is 57.4 Å². The Labute approximate surface area is 171 Å². The van der Waals surface area contributed by atoms with Gasteiger partial charge in [0.25, 0.3) is 5.91 Å². The molecule has 0 unspecified atom stereocenters. The van der Waals surface area contributed by atoms with E-state index in [0.717, 1.165) is 20.8 Å². The first-order valence-corrected chi connectivity index (χ1v) is 9.67. The Kier molecular flexibility index (Phi) is 6.58. The minimum atomic E-state index is -0.208. The Bertz CT molecular complexity index is 961. The minimum Gasteiger partial charge on any atom is -0.492 e. The van der Waals surface area contributed by atoms with Gasteiger partial charge in [-0.1, -0.05) is 48.0 Å². The summed E-state index contributed by atoms with van der Waals surface area (Å²) in [4.78, 5) is 12.0. The van der Waals surface area contributed by atoms with Crippen molar-refractivity contribution in [2.24, 2.45) is 0 Å². The van der Waals surface area contributed by atoms with E-state index in [4.69, 9.17) is 21.1 Å². The van der Waals surface area contributed by atoms with Gasteiger partial charge in [0, 0.05) is 5.02 Å². The van der Waals surface area contributed by atoms with E-state index >= 15 is 0 Å². The molecular weight excluding hydrogens is 430 g/mol. The standard InChI is InChI=1S/C21H19BrClNO3/c1-14-6-8-16(12-18(14)23)26-11-10-24-20(25)13-27-19-9-7-15-4-2-3-5-17(15)21(19)22/h2-9,12H,10-11,13H2,1H3,(H,24,25). The highest BCUT2D eigenvalue weighted by Gasteiger charge is 2.08. The highest BCUT2D eigenvalue weighted by Crippen LogP contribution is 2.32. The van der Waals surface area contributed by atoms with Gasteiger partial charge in [0.15, 0.2) is 6.61 Å². The van der Waals surface area contributed by atoms with Gasteiger partial charge in [-0.3, -0.25) is 4.79 Å². The van der Waals surface area contributed by atoms with E-state index in [9.17, 15) is 4.79 Å². The Balaban J connectivity index is 1.44. The van der Waals surface area contributed by atoms with Gasteiger partial charge in [0.1, 0.15) is 18.1 Å². The van der Waals surface area contributed by atoms with Crippen LogP contribution in [0.25, 0.3) is 10.8 Å². The number of carbonyl (C=O) groups excluding carboxylic acids is 1. The number of hydrogen-bond donors (Lipinski definition) is 1. The molecule has 3 aromatic rings. The van der Waals surface area contributed by atoms with Crippen molar-refractivity contribution in [2.45, 2.75) is 6.92 Å². The van der Waals surface area contributed by atoms with Crippen LogP contribution in [0.1, 0.15) is 5.56 Å². The molecule has 1 amide bonds. The van der Waals surface area contributed by atoms with Crippen LogP contribution in [0.4, 0.5) is 0 Å². The summed E-state index contributed by atoms with van der Waals surface area (Å²) in [6, 6.07) is 17.3. The molecule has 0 spiro atoms. The maximum Gasteiger partial charge on any atom is 0.258 e. The fraction of sp³-hybridized carbons (Fsp3) is 0.190. The van der Waals surface area contributed by atoms with Gasteiger partial charge in [-0.15, -0.1) is 0 Å². The number of rotatable bonds is 7. The highest BCUT2D eigenvalue weighted by atomic mass is 79.9. The number of halogens is 2. The van der Waals surface area contributed by atoms with Crippen molar-refractivity contribution in [3.63, 3.8) is 0 Å². The zero-order chi connectivity index (χ0) is 19.2. The topological polar surface area (TPSA) is 47.6 Å². The van der Waals surface area contributed by atoms with Crippen LogP contribution < -0.4 is 14.8 Å². The molecular formula is C21H19BrClNO3. The molecule has 0 radical (unpaired) electrons. The molecule has 0 bridgehead atoms. The molecule has 0 fully saturated rings. The summed E-state index contributed by atoms with van der Waals surface area (Å²) < 4.78 is 12.0. The maximum atomic E-state index is 12.0. The molecule has 0 aliphatic heterocycles. The van der Waals surface area contributed by atoms with Crippen molar-refractivity contribution in [1.29, 1.82) is 0 Å². The number of aryl methyl sites for hydroxylation is 1. The predicted molar refractivity (Wildman–Crippen MR) is 112 cm³/mol. The molecule has 0 saturated heterocycles. The lowest BCUT2D eigenvalue weighted by Gasteiger charge is -2.11. The second kappa shape index (κ2) is 9.11. The molecule has 0 aliphatic rings. The number of carbonyl (C=O) groups is 1. The first-order valence-electron chi connectivity index (χ1n) is 8.50. The molecule has 0 aromatic heterocycles. The highest BCUT2D eigenvalue weighted by molar-refractivity contribution is 9.10. The average molecular weight is 449 g/mol. The van der Waals surface area contributed by atoms with E-state index in [1.165, 1.54) is 0 Å². The Morgan fingerprint density at radius 1 is 1.11 bits per heavy atom. The lowest BCUT2D eigenvalue weighted by atomic mass is 10.1. The zero-order valence-corrected chi connectivity index (χ0v) is 17.1. The third-order valence-electron chi connectivity index (χ3n) is 4.02. The van der Waals surface area contributed by atoms with Gasteiger partial charge >= 0.3 is 0 Å².